The van der Waals surface area contributed by atoms with Crippen molar-refractivity contribution in [2.45, 2.75) is 36.8 Å². The summed E-state index contributed by atoms with van der Waals surface area (Å²) < 4.78 is 6.05. The van der Waals surface area contributed by atoms with Crippen LogP contribution in [0.4, 0.5) is 0 Å². The first-order chi connectivity index (χ1) is 12.0. The van der Waals surface area contributed by atoms with Crippen LogP contribution in [0, 0.1) is 0 Å². The number of hydrogen-bond donors (Lipinski definition) is 1. The molecule has 1 aliphatic rings. The van der Waals surface area contributed by atoms with E-state index in [0.717, 1.165) is 28.4 Å². The van der Waals surface area contributed by atoms with Crippen molar-refractivity contribution in [3.63, 3.8) is 0 Å². The van der Waals surface area contributed by atoms with Crippen molar-refractivity contribution in [3.8, 4) is 5.75 Å². The van der Waals surface area contributed by atoms with Crippen molar-refractivity contribution < 1.29 is 9.53 Å². The number of para-hydroxylation sites is 1. The number of carbonyl (C=O) groups excluding carboxylic acids is 1. The smallest absolute Gasteiger partial charge is 0.252 e. The molecule has 3 nitrogen and oxygen atoms in total. The minimum absolute atomic E-state index is 0.0512. The van der Waals surface area contributed by atoms with E-state index in [1.807, 2.05) is 54.6 Å². The second kappa shape index (κ2) is 7.36. The molecule has 0 aromatic heterocycles. The lowest BCUT2D eigenvalue weighted by atomic mass is 9.89. The number of amides is 1. The molecule has 130 valence electrons. The van der Waals surface area contributed by atoms with Gasteiger partial charge in [0.05, 0.1) is 11.6 Å². The van der Waals surface area contributed by atoms with Gasteiger partial charge < -0.3 is 10.1 Å². The number of fused-ring (bicyclic) bond motifs is 1. The average Bonchev–Trinajstić information content (AvgIpc) is 2.59. The standard InChI is InChI=1S/C21H23NO2S/c1-4-13-25-19-12-8-6-10-16(19)20(23)22-17-14-21(2,3)24-18-11-7-5-9-15(17)18/h4-12,17H,1,13-14H2,2-3H3,(H,22,23)/t17-/m1/s1. The fourth-order valence-corrected chi connectivity index (χ4v) is 3.88. The van der Waals surface area contributed by atoms with Crippen LogP contribution in [0.5, 0.6) is 5.75 Å². The maximum atomic E-state index is 12.9. The Morgan fingerprint density at radius 2 is 2.00 bits per heavy atom. The van der Waals surface area contributed by atoms with Crippen molar-refractivity contribution in [1.29, 1.82) is 0 Å². The van der Waals surface area contributed by atoms with E-state index in [9.17, 15) is 4.79 Å². The van der Waals surface area contributed by atoms with Gasteiger partial charge in [-0.2, -0.15) is 0 Å². The lowest BCUT2D eigenvalue weighted by molar-refractivity contribution is 0.0619. The van der Waals surface area contributed by atoms with Gasteiger partial charge in [-0.25, -0.2) is 0 Å². The molecule has 0 bridgehead atoms. The number of benzene rings is 2. The van der Waals surface area contributed by atoms with Crippen LogP contribution in [0.3, 0.4) is 0 Å². The fourth-order valence-electron chi connectivity index (χ4n) is 3.10. The summed E-state index contributed by atoms with van der Waals surface area (Å²) in [4.78, 5) is 13.9. The van der Waals surface area contributed by atoms with Crippen molar-refractivity contribution in [1.82, 2.24) is 5.32 Å². The third kappa shape index (κ3) is 4.07. The van der Waals surface area contributed by atoms with Gasteiger partial charge in [-0.15, -0.1) is 18.3 Å². The summed E-state index contributed by atoms with van der Waals surface area (Å²) in [5.74, 6) is 1.57. The minimum atomic E-state index is -0.316. The molecule has 0 radical (unpaired) electrons. The van der Waals surface area contributed by atoms with Gasteiger partial charge >= 0.3 is 0 Å². The normalized spacial score (nSPS) is 17.9. The van der Waals surface area contributed by atoms with E-state index >= 15 is 0 Å². The summed E-state index contributed by atoms with van der Waals surface area (Å²) in [5, 5.41) is 3.21. The van der Waals surface area contributed by atoms with Crippen LogP contribution in [-0.2, 0) is 0 Å². The second-order valence-electron chi connectivity index (χ2n) is 6.73. The first-order valence-corrected chi connectivity index (χ1v) is 9.40. The molecule has 25 heavy (non-hydrogen) atoms. The van der Waals surface area contributed by atoms with Crippen molar-refractivity contribution in [3.05, 3.63) is 72.3 Å². The third-order valence-corrected chi connectivity index (χ3v) is 5.24. The predicted molar refractivity (Wildman–Crippen MR) is 103 cm³/mol. The number of thioether (sulfide) groups is 1. The molecule has 1 atom stereocenters. The summed E-state index contributed by atoms with van der Waals surface area (Å²) >= 11 is 1.62. The van der Waals surface area contributed by atoms with Crippen LogP contribution in [0.15, 0.2) is 66.1 Å². The van der Waals surface area contributed by atoms with Crippen LogP contribution in [0.25, 0.3) is 0 Å². The zero-order valence-electron chi connectivity index (χ0n) is 14.6. The van der Waals surface area contributed by atoms with Gasteiger partial charge in [0.15, 0.2) is 0 Å². The Morgan fingerprint density at radius 1 is 1.28 bits per heavy atom. The molecule has 0 unspecified atom stereocenters. The SMILES string of the molecule is C=CCSc1ccccc1C(=O)N[C@@H]1CC(C)(C)Oc2ccccc21. The second-order valence-corrected chi connectivity index (χ2v) is 7.79. The van der Waals surface area contributed by atoms with E-state index in [0.29, 0.717) is 5.56 Å². The zero-order chi connectivity index (χ0) is 17.9. The summed E-state index contributed by atoms with van der Waals surface area (Å²) in [5.41, 5.74) is 1.42. The fraction of sp³-hybridized carbons (Fsp3) is 0.286. The first-order valence-electron chi connectivity index (χ1n) is 8.42. The summed E-state index contributed by atoms with van der Waals surface area (Å²) in [7, 11) is 0. The quantitative estimate of drug-likeness (QED) is 0.607. The molecule has 0 fully saturated rings. The van der Waals surface area contributed by atoms with Gasteiger partial charge in [0, 0.05) is 22.6 Å². The Bertz CT molecular complexity index is 785. The molecule has 1 N–H and O–H groups in total. The number of carbonyl (C=O) groups is 1. The Labute approximate surface area is 153 Å². The van der Waals surface area contributed by atoms with Crippen LogP contribution in [-0.4, -0.2) is 17.3 Å². The van der Waals surface area contributed by atoms with Crippen molar-refractivity contribution in [2.75, 3.05) is 5.75 Å². The van der Waals surface area contributed by atoms with Gasteiger partial charge in [0.2, 0.25) is 0 Å². The molecule has 1 aliphatic heterocycles. The van der Waals surface area contributed by atoms with E-state index in [2.05, 4.69) is 25.7 Å². The highest BCUT2D eigenvalue weighted by atomic mass is 32.2. The first kappa shape index (κ1) is 17.6. The molecule has 1 amide bonds. The predicted octanol–water partition coefficient (Wildman–Crippen LogP) is 5.00. The van der Waals surface area contributed by atoms with Crippen LogP contribution >= 0.6 is 11.8 Å². The highest BCUT2D eigenvalue weighted by Crippen LogP contribution is 2.39. The summed E-state index contributed by atoms with van der Waals surface area (Å²) in [6, 6.07) is 15.6. The van der Waals surface area contributed by atoms with E-state index in [4.69, 9.17) is 4.74 Å². The number of ether oxygens (including phenoxy) is 1. The van der Waals surface area contributed by atoms with Gasteiger partial charge in [0.25, 0.3) is 5.91 Å². The lowest BCUT2D eigenvalue weighted by Gasteiger charge is -2.38. The molecular weight excluding hydrogens is 330 g/mol. The molecule has 4 heteroatoms. The molecule has 3 rings (SSSR count). The number of rotatable bonds is 5. The number of nitrogens with one attached hydrogen (secondary N) is 1. The van der Waals surface area contributed by atoms with Crippen LogP contribution in [0.1, 0.15) is 42.2 Å². The molecule has 0 spiro atoms. The summed E-state index contributed by atoms with van der Waals surface area (Å²) in [6.45, 7) is 7.85. The van der Waals surface area contributed by atoms with Crippen LogP contribution in [0.2, 0.25) is 0 Å². The van der Waals surface area contributed by atoms with Crippen molar-refractivity contribution >= 4 is 17.7 Å². The summed E-state index contributed by atoms with van der Waals surface area (Å²) in [6.07, 6.45) is 2.58. The van der Waals surface area contributed by atoms with E-state index < -0.39 is 0 Å². The van der Waals surface area contributed by atoms with Gasteiger partial charge in [0.1, 0.15) is 11.4 Å². The topological polar surface area (TPSA) is 38.3 Å². The van der Waals surface area contributed by atoms with E-state index in [1.165, 1.54) is 0 Å². The highest BCUT2D eigenvalue weighted by Gasteiger charge is 2.34. The average molecular weight is 353 g/mol. The molecule has 1 heterocycles. The Kier molecular flexibility index (Phi) is 5.19. The maximum absolute atomic E-state index is 12.9. The lowest BCUT2D eigenvalue weighted by Crippen LogP contribution is -2.41. The highest BCUT2D eigenvalue weighted by molar-refractivity contribution is 7.99. The Hall–Kier alpha value is -2.20. The van der Waals surface area contributed by atoms with Gasteiger partial charge in [-0.05, 0) is 32.0 Å². The van der Waals surface area contributed by atoms with Crippen molar-refractivity contribution in [2.24, 2.45) is 0 Å². The molecule has 2 aromatic carbocycles. The van der Waals surface area contributed by atoms with E-state index in [-0.39, 0.29) is 17.6 Å². The maximum Gasteiger partial charge on any atom is 0.252 e. The third-order valence-electron chi connectivity index (χ3n) is 4.17. The molecule has 2 aromatic rings. The minimum Gasteiger partial charge on any atom is -0.487 e. The molecule has 0 aliphatic carbocycles. The largest absolute Gasteiger partial charge is 0.487 e. The van der Waals surface area contributed by atoms with E-state index in [1.54, 1.807) is 11.8 Å². The van der Waals surface area contributed by atoms with Gasteiger partial charge in [-0.3, -0.25) is 4.79 Å². The zero-order valence-corrected chi connectivity index (χ0v) is 15.4. The molecule has 0 saturated heterocycles. The van der Waals surface area contributed by atoms with Crippen LogP contribution < -0.4 is 10.1 Å². The van der Waals surface area contributed by atoms with Gasteiger partial charge in [-0.1, -0.05) is 36.4 Å². The molecule has 0 saturated carbocycles. The Morgan fingerprint density at radius 3 is 2.80 bits per heavy atom. The molecular formula is C21H23NO2S. The monoisotopic (exact) mass is 353 g/mol. The Balaban J connectivity index is 1.85. The number of hydrogen-bond acceptors (Lipinski definition) is 3.